The number of benzene rings is 1. The van der Waals surface area contributed by atoms with Crippen LogP contribution < -0.4 is 0 Å². The highest BCUT2D eigenvalue weighted by Gasteiger charge is 2.23. The highest BCUT2D eigenvalue weighted by molar-refractivity contribution is 7.90. The summed E-state index contributed by atoms with van der Waals surface area (Å²) < 4.78 is 28.5. The number of sulfone groups is 1. The van der Waals surface area contributed by atoms with Crippen molar-refractivity contribution in [1.82, 2.24) is 15.0 Å². The van der Waals surface area contributed by atoms with Crippen molar-refractivity contribution in [3.63, 3.8) is 0 Å². The fourth-order valence-electron chi connectivity index (χ4n) is 4.28. The molecule has 0 saturated carbocycles. The van der Waals surface area contributed by atoms with Gasteiger partial charge in [0.25, 0.3) is 5.89 Å². The van der Waals surface area contributed by atoms with Crippen molar-refractivity contribution in [1.29, 1.82) is 0 Å². The van der Waals surface area contributed by atoms with E-state index >= 15 is 0 Å². The van der Waals surface area contributed by atoms with Crippen molar-refractivity contribution in [2.75, 3.05) is 19.3 Å². The van der Waals surface area contributed by atoms with Crippen molar-refractivity contribution in [2.24, 2.45) is 5.92 Å². The first-order valence-electron chi connectivity index (χ1n) is 10.8. The lowest BCUT2D eigenvalue weighted by atomic mass is 9.90. The Morgan fingerprint density at radius 3 is 2.38 bits per heavy atom. The second-order valence-electron chi connectivity index (χ2n) is 8.15. The fourth-order valence-corrected chi connectivity index (χ4v) is 4.91. The molecule has 0 amide bonds. The van der Waals surface area contributed by atoms with E-state index in [0.29, 0.717) is 5.89 Å². The predicted octanol–water partition coefficient (Wildman–Crippen LogP) is 4.36. The third-order valence-corrected chi connectivity index (χ3v) is 7.25. The summed E-state index contributed by atoms with van der Waals surface area (Å²) >= 11 is 0. The summed E-state index contributed by atoms with van der Waals surface area (Å²) in [5.41, 5.74) is 0.741. The zero-order valence-electron chi connectivity index (χ0n) is 17.8. The summed E-state index contributed by atoms with van der Waals surface area (Å²) in [6.45, 7) is 7.04. The van der Waals surface area contributed by atoms with Crippen LogP contribution in [0.5, 0.6) is 0 Å². The molecule has 0 aliphatic carbocycles. The molecular weight excluding hydrogens is 386 g/mol. The maximum absolute atomic E-state index is 11.6. The van der Waals surface area contributed by atoms with Crippen LogP contribution in [0.15, 0.2) is 33.7 Å². The average molecular weight is 420 g/mol. The van der Waals surface area contributed by atoms with Gasteiger partial charge in [0.15, 0.2) is 15.7 Å². The molecule has 0 N–H and O–H groups in total. The molecule has 0 spiro atoms. The highest BCUT2D eigenvalue weighted by atomic mass is 32.2. The Hall–Kier alpha value is -1.73. The minimum Gasteiger partial charge on any atom is -0.334 e. The van der Waals surface area contributed by atoms with Crippen LogP contribution in [0.2, 0.25) is 0 Å². The molecule has 7 heteroatoms. The van der Waals surface area contributed by atoms with Gasteiger partial charge in [0.2, 0.25) is 0 Å². The summed E-state index contributed by atoms with van der Waals surface area (Å²) in [5.74, 6) is 1.97. The minimum absolute atomic E-state index is 0.288. The lowest BCUT2D eigenvalue weighted by molar-refractivity contribution is 0.122. The summed E-state index contributed by atoms with van der Waals surface area (Å²) in [4.78, 5) is 7.43. The smallest absolute Gasteiger partial charge is 0.257 e. The van der Waals surface area contributed by atoms with Crippen LogP contribution in [-0.4, -0.2) is 48.8 Å². The fraction of sp³-hybridized carbons (Fsp3) is 0.636. The van der Waals surface area contributed by atoms with E-state index in [0.717, 1.165) is 36.2 Å². The van der Waals surface area contributed by atoms with E-state index < -0.39 is 9.84 Å². The Balaban J connectivity index is 1.46. The number of aryl methyl sites for hydroxylation is 1. The second-order valence-corrected chi connectivity index (χ2v) is 10.2. The van der Waals surface area contributed by atoms with Crippen LogP contribution in [-0.2, 0) is 16.3 Å². The van der Waals surface area contributed by atoms with Crippen molar-refractivity contribution in [3.05, 3.63) is 30.1 Å². The molecule has 3 rings (SSSR count). The van der Waals surface area contributed by atoms with E-state index in [1.165, 1.54) is 51.4 Å². The summed E-state index contributed by atoms with van der Waals surface area (Å²) in [5, 5.41) is 4.09. The van der Waals surface area contributed by atoms with Gasteiger partial charge in [-0.1, -0.05) is 19.0 Å². The predicted molar refractivity (Wildman–Crippen MR) is 114 cm³/mol. The average Bonchev–Trinajstić information content (AvgIpc) is 3.18. The number of nitrogens with zero attached hydrogens (tertiary/aromatic N) is 3. The van der Waals surface area contributed by atoms with Gasteiger partial charge < -0.3 is 9.42 Å². The first-order chi connectivity index (χ1) is 13.9. The normalized spacial score (nSPS) is 16.6. The van der Waals surface area contributed by atoms with Crippen LogP contribution in [0.25, 0.3) is 11.5 Å². The number of likely N-dealkylation sites (tertiary alicyclic amines) is 1. The third kappa shape index (κ3) is 5.89. The van der Waals surface area contributed by atoms with Gasteiger partial charge in [0, 0.05) is 24.3 Å². The molecule has 1 aromatic heterocycles. The molecular formula is C22H33N3O3S. The van der Waals surface area contributed by atoms with Gasteiger partial charge in [-0.05, 0) is 81.8 Å². The van der Waals surface area contributed by atoms with E-state index in [4.69, 9.17) is 4.52 Å². The first kappa shape index (κ1) is 22.0. The van der Waals surface area contributed by atoms with Crippen LogP contribution in [0.1, 0.15) is 58.2 Å². The lowest BCUT2D eigenvalue weighted by Crippen LogP contribution is -2.40. The van der Waals surface area contributed by atoms with Gasteiger partial charge >= 0.3 is 0 Å². The molecule has 0 bridgehead atoms. The van der Waals surface area contributed by atoms with E-state index in [1.54, 1.807) is 24.3 Å². The molecule has 1 aliphatic heterocycles. The van der Waals surface area contributed by atoms with E-state index in [9.17, 15) is 8.42 Å². The lowest BCUT2D eigenvalue weighted by Gasteiger charge is -2.37. The zero-order valence-corrected chi connectivity index (χ0v) is 18.6. The van der Waals surface area contributed by atoms with Gasteiger partial charge in [-0.15, -0.1) is 0 Å². The summed E-state index contributed by atoms with van der Waals surface area (Å²) in [6.07, 6.45) is 9.38. The van der Waals surface area contributed by atoms with Crippen molar-refractivity contribution >= 4 is 9.84 Å². The molecule has 0 atom stereocenters. The van der Waals surface area contributed by atoms with Crippen LogP contribution in [0, 0.1) is 5.92 Å². The number of piperidine rings is 1. The van der Waals surface area contributed by atoms with E-state index in [1.807, 2.05) is 0 Å². The molecule has 1 aromatic carbocycles. The molecule has 29 heavy (non-hydrogen) atoms. The number of hydrogen-bond acceptors (Lipinski definition) is 6. The number of hydrogen-bond donors (Lipinski definition) is 0. The summed E-state index contributed by atoms with van der Waals surface area (Å²) in [7, 11) is -3.20. The molecule has 6 nitrogen and oxygen atoms in total. The topological polar surface area (TPSA) is 76.3 Å². The van der Waals surface area contributed by atoms with Gasteiger partial charge in [-0.3, -0.25) is 0 Å². The second kappa shape index (κ2) is 9.85. The van der Waals surface area contributed by atoms with E-state index in [2.05, 4.69) is 28.9 Å². The highest BCUT2D eigenvalue weighted by Crippen LogP contribution is 2.26. The third-order valence-electron chi connectivity index (χ3n) is 6.12. The number of rotatable bonds is 9. The van der Waals surface area contributed by atoms with E-state index in [-0.39, 0.29) is 4.90 Å². The maximum Gasteiger partial charge on any atom is 0.257 e. The Bertz CT molecular complexity index is 865. The molecule has 1 aliphatic rings. The van der Waals surface area contributed by atoms with Gasteiger partial charge in [0.05, 0.1) is 4.90 Å². The van der Waals surface area contributed by atoms with Crippen LogP contribution in [0.4, 0.5) is 0 Å². The van der Waals surface area contributed by atoms with Crippen LogP contribution >= 0.6 is 0 Å². The Labute approximate surface area is 174 Å². The maximum atomic E-state index is 11.6. The molecule has 160 valence electrons. The van der Waals surface area contributed by atoms with Gasteiger partial charge in [-0.25, -0.2) is 8.42 Å². The Morgan fingerprint density at radius 2 is 1.79 bits per heavy atom. The SMILES string of the molecule is CCC(CC)N1CCC(CCCc2noc(-c3ccc(S(C)(=O)=O)cc3)n2)CC1. The Kier molecular flexibility index (Phi) is 7.46. The Morgan fingerprint density at radius 1 is 1.14 bits per heavy atom. The summed E-state index contributed by atoms with van der Waals surface area (Å²) in [6, 6.07) is 7.31. The molecule has 0 radical (unpaired) electrons. The van der Waals surface area contributed by atoms with Crippen molar-refractivity contribution < 1.29 is 12.9 Å². The molecule has 2 heterocycles. The van der Waals surface area contributed by atoms with Crippen molar-refractivity contribution in [3.8, 4) is 11.5 Å². The molecule has 1 fully saturated rings. The molecule has 1 saturated heterocycles. The first-order valence-corrected chi connectivity index (χ1v) is 12.7. The van der Waals surface area contributed by atoms with Gasteiger partial charge in [0.1, 0.15) is 0 Å². The van der Waals surface area contributed by atoms with Gasteiger partial charge in [-0.2, -0.15) is 4.98 Å². The minimum atomic E-state index is -3.20. The zero-order chi connectivity index (χ0) is 20.9. The van der Waals surface area contributed by atoms with Crippen molar-refractivity contribution in [2.45, 2.75) is 69.7 Å². The number of aromatic nitrogens is 2. The molecule has 2 aromatic rings. The van der Waals surface area contributed by atoms with Crippen LogP contribution in [0.3, 0.4) is 0 Å². The monoisotopic (exact) mass is 419 g/mol. The molecule has 0 unspecified atom stereocenters. The largest absolute Gasteiger partial charge is 0.334 e. The quantitative estimate of drug-likeness (QED) is 0.601. The standard InChI is InChI=1S/C22H33N3O3S/c1-4-19(5-2)25-15-13-17(14-16-25)7-6-8-21-23-22(28-24-21)18-9-11-20(12-10-18)29(3,26)27/h9-12,17,19H,4-8,13-16H2,1-3H3.